The molecule has 0 radical (unpaired) electrons. The monoisotopic (exact) mass is 211 g/mol. The Labute approximate surface area is 89.4 Å². The van der Waals surface area contributed by atoms with Gasteiger partial charge >= 0.3 is 6.09 Å². The molecule has 0 saturated carbocycles. The Morgan fingerprint density at radius 3 is 2.80 bits per heavy atom. The molecule has 0 atom stereocenters. The van der Waals surface area contributed by atoms with Gasteiger partial charge in [0.05, 0.1) is 0 Å². The maximum absolute atomic E-state index is 11.5. The summed E-state index contributed by atoms with van der Waals surface area (Å²) in [7, 11) is 0. The molecule has 15 heavy (non-hydrogen) atoms. The smallest absolute Gasteiger partial charge is 0.435 e. The lowest BCUT2D eigenvalue weighted by molar-refractivity contribution is 0.0515. The fourth-order valence-corrected chi connectivity index (χ4v) is 1.01. The third-order valence-electron chi connectivity index (χ3n) is 1.53. The van der Waals surface area contributed by atoms with Crippen molar-refractivity contribution in [3.05, 3.63) is 12.3 Å². The second-order valence-electron chi connectivity index (χ2n) is 4.16. The third kappa shape index (κ3) is 3.61. The molecular formula is C10H17N3O2. The first-order valence-corrected chi connectivity index (χ1v) is 4.95. The number of hydrogen-bond donors (Lipinski definition) is 1. The predicted molar refractivity (Wildman–Crippen MR) is 58.0 cm³/mol. The Bertz CT molecular complexity index is 339. The van der Waals surface area contributed by atoms with Crippen LogP contribution in [-0.2, 0) is 4.74 Å². The largest absolute Gasteiger partial charge is 0.442 e. The summed E-state index contributed by atoms with van der Waals surface area (Å²) < 4.78 is 6.33. The average molecular weight is 211 g/mol. The first-order chi connectivity index (χ1) is 6.92. The van der Waals surface area contributed by atoms with E-state index in [0.717, 1.165) is 6.54 Å². The number of nitrogens with zero attached hydrogens (tertiary/aromatic N) is 2. The van der Waals surface area contributed by atoms with Gasteiger partial charge in [0.15, 0.2) is 0 Å². The van der Waals surface area contributed by atoms with E-state index in [-0.39, 0.29) is 0 Å². The third-order valence-corrected chi connectivity index (χ3v) is 1.53. The van der Waals surface area contributed by atoms with Gasteiger partial charge in [-0.15, -0.1) is 5.10 Å². The van der Waals surface area contributed by atoms with Crippen molar-refractivity contribution in [2.45, 2.75) is 33.3 Å². The average Bonchev–Trinajstić information content (AvgIpc) is 2.50. The number of aromatic nitrogens is 2. The van der Waals surface area contributed by atoms with E-state index in [1.807, 2.05) is 27.7 Å². The number of hydrogen-bond acceptors (Lipinski definition) is 4. The number of rotatable bonds is 2. The Hall–Kier alpha value is -1.52. The van der Waals surface area contributed by atoms with Crippen molar-refractivity contribution in [1.82, 2.24) is 9.78 Å². The summed E-state index contributed by atoms with van der Waals surface area (Å²) in [5.41, 5.74) is -0.499. The molecule has 1 heterocycles. The molecule has 0 aliphatic carbocycles. The first-order valence-electron chi connectivity index (χ1n) is 4.95. The lowest BCUT2D eigenvalue weighted by atomic mass is 10.2. The molecule has 0 unspecified atom stereocenters. The molecule has 0 fully saturated rings. The van der Waals surface area contributed by atoms with E-state index >= 15 is 0 Å². The van der Waals surface area contributed by atoms with Gasteiger partial charge in [-0.05, 0) is 27.7 Å². The van der Waals surface area contributed by atoms with Crippen molar-refractivity contribution < 1.29 is 9.53 Å². The molecule has 0 saturated heterocycles. The summed E-state index contributed by atoms with van der Waals surface area (Å²) >= 11 is 0. The highest BCUT2D eigenvalue weighted by molar-refractivity contribution is 5.70. The molecule has 1 N–H and O–H groups in total. The molecule has 0 aromatic carbocycles. The molecule has 0 aliphatic heterocycles. The van der Waals surface area contributed by atoms with E-state index < -0.39 is 11.7 Å². The second kappa shape index (κ2) is 4.33. The maximum atomic E-state index is 11.5. The van der Waals surface area contributed by atoms with Gasteiger partial charge in [-0.3, -0.25) is 0 Å². The number of carbonyl (C=O) groups excluding carboxylic acids is 1. The van der Waals surface area contributed by atoms with Gasteiger partial charge in [0, 0.05) is 18.8 Å². The van der Waals surface area contributed by atoms with Crippen LogP contribution in [0, 0.1) is 0 Å². The van der Waals surface area contributed by atoms with Crippen molar-refractivity contribution in [3.63, 3.8) is 0 Å². The molecule has 1 aromatic heterocycles. The van der Waals surface area contributed by atoms with Crippen LogP contribution in [0.2, 0.25) is 0 Å². The van der Waals surface area contributed by atoms with Gasteiger partial charge in [0.1, 0.15) is 11.4 Å². The van der Waals surface area contributed by atoms with Crippen LogP contribution in [0.3, 0.4) is 0 Å². The number of ether oxygens (including phenoxy) is 1. The minimum atomic E-state index is -0.499. The highest BCUT2D eigenvalue weighted by Crippen LogP contribution is 2.09. The standard InChI is InChI=1S/C10H17N3O2/c1-5-11-8-6-7-13(12-8)9(14)15-10(2,3)4/h6-7H,5H2,1-4H3,(H,11,12). The van der Waals surface area contributed by atoms with Crippen molar-refractivity contribution in [3.8, 4) is 0 Å². The Morgan fingerprint density at radius 2 is 2.27 bits per heavy atom. The molecular weight excluding hydrogens is 194 g/mol. The van der Waals surface area contributed by atoms with E-state index in [4.69, 9.17) is 4.74 Å². The van der Waals surface area contributed by atoms with Gasteiger partial charge in [0.25, 0.3) is 0 Å². The molecule has 0 bridgehead atoms. The topological polar surface area (TPSA) is 56.2 Å². The zero-order chi connectivity index (χ0) is 11.5. The molecule has 5 heteroatoms. The van der Waals surface area contributed by atoms with Crippen molar-refractivity contribution >= 4 is 11.9 Å². The van der Waals surface area contributed by atoms with Crippen LogP contribution in [0.1, 0.15) is 27.7 Å². The first kappa shape index (κ1) is 11.6. The van der Waals surface area contributed by atoms with Crippen LogP contribution in [0.5, 0.6) is 0 Å². The second-order valence-corrected chi connectivity index (χ2v) is 4.16. The Kier molecular flexibility index (Phi) is 3.34. The van der Waals surface area contributed by atoms with Crippen molar-refractivity contribution in [2.75, 3.05) is 11.9 Å². The van der Waals surface area contributed by atoms with Crippen LogP contribution in [-0.4, -0.2) is 28.0 Å². The van der Waals surface area contributed by atoms with E-state index in [9.17, 15) is 4.79 Å². The summed E-state index contributed by atoms with van der Waals surface area (Å²) in [4.78, 5) is 11.5. The van der Waals surface area contributed by atoms with Crippen LogP contribution >= 0.6 is 0 Å². The van der Waals surface area contributed by atoms with Crippen LogP contribution in [0.4, 0.5) is 10.6 Å². The summed E-state index contributed by atoms with van der Waals surface area (Å²) in [6, 6.07) is 1.73. The number of carbonyl (C=O) groups is 1. The zero-order valence-corrected chi connectivity index (χ0v) is 9.57. The molecule has 1 aromatic rings. The van der Waals surface area contributed by atoms with E-state index in [1.54, 1.807) is 12.3 Å². The minimum Gasteiger partial charge on any atom is -0.442 e. The lowest BCUT2D eigenvalue weighted by Crippen LogP contribution is -2.27. The lowest BCUT2D eigenvalue weighted by Gasteiger charge is -2.18. The van der Waals surface area contributed by atoms with Gasteiger partial charge < -0.3 is 10.1 Å². The molecule has 84 valence electrons. The predicted octanol–water partition coefficient (Wildman–Crippen LogP) is 2.10. The number of nitrogens with one attached hydrogen (secondary N) is 1. The van der Waals surface area contributed by atoms with Gasteiger partial charge in [-0.1, -0.05) is 0 Å². The van der Waals surface area contributed by atoms with Crippen molar-refractivity contribution in [1.29, 1.82) is 0 Å². The fourth-order valence-electron chi connectivity index (χ4n) is 1.01. The molecule has 1 rings (SSSR count). The van der Waals surface area contributed by atoms with Crippen LogP contribution < -0.4 is 5.32 Å². The SMILES string of the molecule is CCNc1ccn(C(=O)OC(C)(C)C)n1. The van der Waals surface area contributed by atoms with Gasteiger partial charge in [0.2, 0.25) is 0 Å². The zero-order valence-electron chi connectivity index (χ0n) is 9.57. The van der Waals surface area contributed by atoms with Crippen LogP contribution in [0.25, 0.3) is 0 Å². The summed E-state index contributed by atoms with van der Waals surface area (Å²) in [6.45, 7) is 8.19. The van der Waals surface area contributed by atoms with Crippen LogP contribution in [0.15, 0.2) is 12.3 Å². The maximum Gasteiger partial charge on any atom is 0.435 e. The summed E-state index contributed by atoms with van der Waals surface area (Å²) in [5, 5.41) is 7.02. The van der Waals surface area contributed by atoms with Gasteiger partial charge in [-0.2, -0.15) is 4.68 Å². The summed E-state index contributed by atoms with van der Waals surface area (Å²) in [5.74, 6) is 0.670. The minimum absolute atomic E-state index is 0.466. The highest BCUT2D eigenvalue weighted by atomic mass is 16.6. The quantitative estimate of drug-likeness (QED) is 0.813. The van der Waals surface area contributed by atoms with Gasteiger partial charge in [-0.25, -0.2) is 4.79 Å². The highest BCUT2D eigenvalue weighted by Gasteiger charge is 2.18. The fraction of sp³-hybridized carbons (Fsp3) is 0.600. The summed E-state index contributed by atoms with van der Waals surface area (Å²) in [6.07, 6.45) is 1.11. The van der Waals surface area contributed by atoms with Crippen molar-refractivity contribution in [2.24, 2.45) is 0 Å². The molecule has 0 aliphatic rings. The number of anilines is 1. The van der Waals surface area contributed by atoms with E-state index in [0.29, 0.717) is 5.82 Å². The Morgan fingerprint density at radius 1 is 1.60 bits per heavy atom. The molecule has 0 amide bonds. The molecule has 0 spiro atoms. The normalized spacial score (nSPS) is 11.2. The van der Waals surface area contributed by atoms with E-state index in [2.05, 4.69) is 10.4 Å². The molecule has 5 nitrogen and oxygen atoms in total. The van der Waals surface area contributed by atoms with E-state index in [1.165, 1.54) is 4.68 Å². The Balaban J connectivity index is 2.66.